The van der Waals surface area contributed by atoms with Crippen LogP contribution in [-0.4, -0.2) is 37.6 Å². The number of benzene rings is 1. The van der Waals surface area contributed by atoms with Crippen molar-refractivity contribution in [2.24, 2.45) is 5.92 Å². The molecule has 1 saturated heterocycles. The summed E-state index contributed by atoms with van der Waals surface area (Å²) in [6.07, 6.45) is 2.42. The number of piperidine rings is 1. The number of rotatable bonds is 3. The van der Waals surface area contributed by atoms with Crippen molar-refractivity contribution >= 4 is 5.78 Å². The van der Waals surface area contributed by atoms with E-state index in [0.717, 1.165) is 30.3 Å². The van der Waals surface area contributed by atoms with Gasteiger partial charge < -0.3 is 0 Å². The number of likely N-dealkylation sites (tertiary alicyclic amines) is 1. The fourth-order valence-corrected chi connectivity index (χ4v) is 3.18. The number of H-pyrrole nitrogens is 1. The molecule has 1 aliphatic heterocycles. The number of aromatic nitrogens is 4. The Labute approximate surface area is 140 Å². The highest BCUT2D eigenvalue weighted by atomic mass is 16.1. The van der Waals surface area contributed by atoms with Crippen molar-refractivity contribution in [1.29, 1.82) is 0 Å². The second-order valence-electron chi connectivity index (χ2n) is 6.62. The number of hydrogen-bond acceptors (Lipinski definition) is 4. The van der Waals surface area contributed by atoms with E-state index in [1.54, 1.807) is 6.07 Å². The topological polar surface area (TPSA) is 66.3 Å². The summed E-state index contributed by atoms with van der Waals surface area (Å²) < 4.78 is 1.41. The minimum absolute atomic E-state index is 0.116. The molecule has 6 heteroatoms. The number of fused-ring (bicyclic) bond motifs is 1. The fourth-order valence-electron chi connectivity index (χ4n) is 3.18. The molecule has 1 N–H and O–H groups in total. The van der Waals surface area contributed by atoms with Crippen LogP contribution in [0.5, 0.6) is 0 Å². The Morgan fingerprint density at radius 1 is 1.17 bits per heavy atom. The van der Waals surface area contributed by atoms with E-state index < -0.39 is 0 Å². The van der Waals surface area contributed by atoms with Crippen molar-refractivity contribution in [1.82, 2.24) is 24.5 Å². The number of nitrogens with zero attached hydrogens (tertiary/aromatic N) is 4. The van der Waals surface area contributed by atoms with Gasteiger partial charge in [0.05, 0.1) is 5.69 Å². The molecule has 0 unspecified atom stereocenters. The molecule has 1 fully saturated rings. The smallest absolute Gasteiger partial charge is 0.274 e. The van der Waals surface area contributed by atoms with Gasteiger partial charge in [-0.05, 0) is 31.8 Å². The maximum absolute atomic E-state index is 12.4. The lowest BCUT2D eigenvalue weighted by atomic mass is 9.99. The standard InChI is InChI=1S/C18H21N5O/c1-13-7-9-22(10-8-13)12-15-11-16(24)23-18(19-15)20-17(21-23)14-5-3-2-4-6-14/h2-6,11,13H,7-10,12H2,1H3,(H,19,20,21). The third-order valence-electron chi connectivity index (χ3n) is 4.69. The highest BCUT2D eigenvalue weighted by Crippen LogP contribution is 2.18. The Hall–Kier alpha value is -2.47. The van der Waals surface area contributed by atoms with Crippen LogP contribution < -0.4 is 5.56 Å². The summed E-state index contributed by atoms with van der Waals surface area (Å²) in [7, 11) is 0. The minimum atomic E-state index is -0.116. The second-order valence-corrected chi connectivity index (χ2v) is 6.62. The van der Waals surface area contributed by atoms with Crippen molar-refractivity contribution in [2.75, 3.05) is 13.1 Å². The number of hydrogen-bond donors (Lipinski definition) is 1. The van der Waals surface area contributed by atoms with Gasteiger partial charge in [0.2, 0.25) is 0 Å². The van der Waals surface area contributed by atoms with E-state index in [-0.39, 0.29) is 5.56 Å². The van der Waals surface area contributed by atoms with Gasteiger partial charge in [-0.3, -0.25) is 14.8 Å². The van der Waals surface area contributed by atoms with Gasteiger partial charge in [-0.1, -0.05) is 37.3 Å². The molecule has 3 aromatic rings. The molecule has 1 aliphatic rings. The van der Waals surface area contributed by atoms with Gasteiger partial charge in [0.15, 0.2) is 5.82 Å². The summed E-state index contributed by atoms with van der Waals surface area (Å²) in [5.41, 5.74) is 1.62. The average Bonchev–Trinajstić information content (AvgIpc) is 3.03. The van der Waals surface area contributed by atoms with Gasteiger partial charge in [0.25, 0.3) is 11.3 Å². The lowest BCUT2D eigenvalue weighted by molar-refractivity contribution is 0.183. The van der Waals surface area contributed by atoms with Crippen LogP contribution in [-0.2, 0) is 6.54 Å². The fraction of sp³-hybridized carbons (Fsp3) is 0.389. The van der Waals surface area contributed by atoms with Crippen LogP contribution in [0.1, 0.15) is 25.5 Å². The van der Waals surface area contributed by atoms with Crippen molar-refractivity contribution < 1.29 is 0 Å². The highest BCUT2D eigenvalue weighted by molar-refractivity contribution is 5.56. The van der Waals surface area contributed by atoms with Gasteiger partial charge in [-0.15, -0.1) is 0 Å². The summed E-state index contributed by atoms with van der Waals surface area (Å²) in [6.45, 7) is 5.14. The molecule has 0 bridgehead atoms. The molecule has 0 atom stereocenters. The van der Waals surface area contributed by atoms with Crippen LogP contribution in [0.15, 0.2) is 41.2 Å². The Morgan fingerprint density at radius 2 is 1.92 bits per heavy atom. The van der Waals surface area contributed by atoms with Gasteiger partial charge in [0, 0.05) is 18.2 Å². The molecular formula is C18H21N5O. The first-order valence-electron chi connectivity index (χ1n) is 8.45. The van der Waals surface area contributed by atoms with Crippen molar-refractivity contribution in [2.45, 2.75) is 26.3 Å². The Kier molecular flexibility index (Phi) is 3.90. The van der Waals surface area contributed by atoms with Crippen LogP contribution in [0.4, 0.5) is 0 Å². The molecule has 4 rings (SSSR count). The maximum atomic E-state index is 12.4. The van der Waals surface area contributed by atoms with Gasteiger partial charge in [-0.2, -0.15) is 9.50 Å². The molecule has 3 heterocycles. The normalized spacial score (nSPS) is 16.7. The Morgan fingerprint density at radius 3 is 2.67 bits per heavy atom. The van der Waals surface area contributed by atoms with Crippen molar-refractivity contribution in [3.63, 3.8) is 0 Å². The molecule has 124 valence electrons. The molecule has 2 aromatic heterocycles. The molecule has 0 spiro atoms. The molecule has 6 nitrogen and oxygen atoms in total. The van der Waals surface area contributed by atoms with E-state index in [9.17, 15) is 4.79 Å². The van der Waals surface area contributed by atoms with Crippen molar-refractivity contribution in [3.8, 4) is 11.4 Å². The largest absolute Gasteiger partial charge is 0.297 e. The lowest BCUT2D eigenvalue weighted by Gasteiger charge is -2.29. The molecule has 24 heavy (non-hydrogen) atoms. The van der Waals surface area contributed by atoms with Crippen LogP contribution in [0.2, 0.25) is 0 Å². The van der Waals surface area contributed by atoms with E-state index in [1.165, 1.54) is 17.4 Å². The van der Waals surface area contributed by atoms with Gasteiger partial charge >= 0.3 is 0 Å². The summed E-state index contributed by atoms with van der Waals surface area (Å²) >= 11 is 0. The molecule has 0 saturated carbocycles. The minimum Gasteiger partial charge on any atom is -0.297 e. The molecule has 1 aromatic carbocycles. The summed E-state index contributed by atoms with van der Waals surface area (Å²) in [5.74, 6) is 1.88. The van der Waals surface area contributed by atoms with Crippen LogP contribution in [0.25, 0.3) is 17.2 Å². The van der Waals surface area contributed by atoms with Gasteiger partial charge in [-0.25, -0.2) is 4.98 Å². The van der Waals surface area contributed by atoms with E-state index in [0.29, 0.717) is 18.1 Å². The zero-order valence-corrected chi connectivity index (χ0v) is 13.8. The molecule has 0 aliphatic carbocycles. The zero-order valence-electron chi connectivity index (χ0n) is 13.8. The van der Waals surface area contributed by atoms with Gasteiger partial charge in [0.1, 0.15) is 0 Å². The Balaban J connectivity index is 1.63. The third-order valence-corrected chi connectivity index (χ3v) is 4.69. The van der Waals surface area contributed by atoms with E-state index in [1.807, 2.05) is 30.3 Å². The number of aromatic amines is 1. The highest BCUT2D eigenvalue weighted by Gasteiger charge is 2.17. The first-order chi connectivity index (χ1) is 11.7. The predicted octanol–water partition coefficient (Wildman–Crippen LogP) is 2.32. The molecule has 0 radical (unpaired) electrons. The quantitative estimate of drug-likeness (QED) is 0.803. The second kappa shape index (κ2) is 6.20. The molecule has 0 amide bonds. The molecular weight excluding hydrogens is 302 g/mol. The predicted molar refractivity (Wildman–Crippen MR) is 92.7 cm³/mol. The third kappa shape index (κ3) is 2.97. The SMILES string of the molecule is CC1CCN(Cc2cc(=O)n3[nH]c(-c4ccccc4)nc3n2)CC1. The maximum Gasteiger partial charge on any atom is 0.274 e. The van der Waals surface area contributed by atoms with Crippen LogP contribution >= 0.6 is 0 Å². The van der Waals surface area contributed by atoms with Crippen molar-refractivity contribution in [3.05, 3.63) is 52.4 Å². The monoisotopic (exact) mass is 323 g/mol. The zero-order chi connectivity index (χ0) is 16.5. The van der Waals surface area contributed by atoms with E-state index in [4.69, 9.17) is 0 Å². The number of nitrogens with one attached hydrogen (secondary N) is 1. The summed E-state index contributed by atoms with van der Waals surface area (Å²) in [4.78, 5) is 23.8. The summed E-state index contributed by atoms with van der Waals surface area (Å²) in [6, 6.07) is 11.4. The Bertz CT molecular complexity index is 891. The van der Waals surface area contributed by atoms with Crippen LogP contribution in [0.3, 0.4) is 0 Å². The average molecular weight is 323 g/mol. The first-order valence-corrected chi connectivity index (χ1v) is 8.45. The lowest BCUT2D eigenvalue weighted by Crippen LogP contribution is -2.33. The van der Waals surface area contributed by atoms with E-state index >= 15 is 0 Å². The summed E-state index contributed by atoms with van der Waals surface area (Å²) in [5, 5.41) is 3.03. The van der Waals surface area contributed by atoms with E-state index in [2.05, 4.69) is 26.9 Å². The van der Waals surface area contributed by atoms with Crippen LogP contribution in [0, 0.1) is 5.92 Å². The first kappa shape index (κ1) is 15.1.